The van der Waals surface area contributed by atoms with Crippen molar-refractivity contribution in [2.45, 2.75) is 108 Å². The fourth-order valence-corrected chi connectivity index (χ4v) is 11.3. The zero-order valence-electron chi connectivity index (χ0n) is 24.5. The summed E-state index contributed by atoms with van der Waals surface area (Å²) < 4.78 is 0. The number of hydrogen-bond acceptors (Lipinski definition) is 4. The Bertz CT molecular complexity index is 1380. The smallest absolute Gasteiger partial charge is 0.255 e. The maximum Gasteiger partial charge on any atom is 0.255 e. The van der Waals surface area contributed by atoms with Gasteiger partial charge in [-0.15, -0.1) is 11.8 Å². The Hall–Kier alpha value is -2.60. The molecule has 2 heterocycles. The number of imide groups is 1. The van der Waals surface area contributed by atoms with Gasteiger partial charge >= 0.3 is 0 Å². The highest BCUT2D eigenvalue weighted by Crippen LogP contribution is 2.70. The topological polar surface area (TPSA) is 66.5 Å². The van der Waals surface area contributed by atoms with Crippen LogP contribution in [-0.2, 0) is 28.3 Å². The molecule has 216 valence electrons. The summed E-state index contributed by atoms with van der Waals surface area (Å²) in [7, 11) is 0. The number of nitrogens with zero attached hydrogens (tertiary/aromatic N) is 1. The molecule has 5 fully saturated rings. The average molecular weight is 571 g/mol. The minimum absolute atomic E-state index is 0.113. The molecule has 1 saturated heterocycles. The molecule has 2 aromatic carbocycles. The fraction of sp³-hybridized carbons (Fsp3) is 0.571. The summed E-state index contributed by atoms with van der Waals surface area (Å²) in [5, 5.41) is 2.39. The summed E-state index contributed by atoms with van der Waals surface area (Å²) >= 11 is 1.75. The molecule has 0 aromatic heterocycles. The Morgan fingerprint density at radius 2 is 1.66 bits per heavy atom. The highest BCUT2D eigenvalue weighted by atomic mass is 32.2. The second-order valence-electron chi connectivity index (χ2n) is 14.8. The molecule has 41 heavy (non-hydrogen) atoms. The van der Waals surface area contributed by atoms with Gasteiger partial charge < -0.3 is 4.90 Å². The van der Waals surface area contributed by atoms with Gasteiger partial charge in [0, 0.05) is 29.2 Å². The largest absolute Gasteiger partial charge is 0.322 e. The second-order valence-corrected chi connectivity index (χ2v) is 15.8. The van der Waals surface area contributed by atoms with E-state index >= 15 is 0 Å². The first kappa shape index (κ1) is 27.2. The van der Waals surface area contributed by atoms with Crippen LogP contribution in [0.25, 0.3) is 0 Å². The van der Waals surface area contributed by atoms with Crippen molar-refractivity contribution in [2.24, 2.45) is 22.2 Å². The van der Waals surface area contributed by atoms with Crippen molar-refractivity contribution in [3.63, 3.8) is 0 Å². The summed E-state index contributed by atoms with van der Waals surface area (Å²) in [5.74, 6) is 1.08. The van der Waals surface area contributed by atoms with Gasteiger partial charge in [0.2, 0.25) is 11.8 Å². The third-order valence-corrected chi connectivity index (χ3v) is 12.0. The minimum atomic E-state index is -0.577. The van der Waals surface area contributed by atoms with Gasteiger partial charge in [0.1, 0.15) is 6.04 Å². The lowest BCUT2D eigenvalue weighted by Crippen LogP contribution is -2.54. The van der Waals surface area contributed by atoms with E-state index in [1.165, 1.54) is 62.5 Å². The normalized spacial score (nSPS) is 33.8. The van der Waals surface area contributed by atoms with Crippen molar-refractivity contribution in [1.82, 2.24) is 10.2 Å². The van der Waals surface area contributed by atoms with Gasteiger partial charge in [0.05, 0.1) is 0 Å². The predicted octanol–water partition coefficient (Wildman–Crippen LogP) is 7.06. The Morgan fingerprint density at radius 3 is 2.37 bits per heavy atom. The monoisotopic (exact) mass is 570 g/mol. The maximum absolute atomic E-state index is 13.1. The van der Waals surface area contributed by atoms with Gasteiger partial charge in [0.25, 0.3) is 5.91 Å². The van der Waals surface area contributed by atoms with Crippen LogP contribution < -0.4 is 5.32 Å². The van der Waals surface area contributed by atoms with E-state index in [1.54, 1.807) is 16.7 Å². The summed E-state index contributed by atoms with van der Waals surface area (Å²) in [4.78, 5) is 39.9. The summed E-state index contributed by atoms with van der Waals surface area (Å²) in [6.45, 7) is 5.58. The van der Waals surface area contributed by atoms with E-state index in [-0.39, 0.29) is 24.1 Å². The molecule has 4 aliphatic carbocycles. The SMILES string of the molecule is CC12CC3CC(C)(C1)CC(CCCc1ccc(CSc4cccc5c4CN(C4CCC(=O)NC4=O)C5=O)cc1)(C3)C2. The lowest BCUT2D eigenvalue weighted by molar-refractivity contribution is -0.148. The molecule has 2 aromatic rings. The van der Waals surface area contributed by atoms with Crippen molar-refractivity contribution >= 4 is 29.5 Å². The van der Waals surface area contributed by atoms with E-state index in [4.69, 9.17) is 0 Å². The molecule has 3 unspecified atom stereocenters. The molecule has 0 spiro atoms. The number of thioether (sulfide) groups is 1. The van der Waals surface area contributed by atoms with Crippen molar-refractivity contribution < 1.29 is 14.4 Å². The van der Waals surface area contributed by atoms with Gasteiger partial charge in [-0.3, -0.25) is 19.7 Å². The quantitative estimate of drug-likeness (QED) is 0.273. The molecule has 2 aliphatic heterocycles. The molecular weight excluding hydrogens is 528 g/mol. The number of carbonyl (C=O) groups is 3. The van der Waals surface area contributed by atoms with Crippen LogP contribution in [0.3, 0.4) is 0 Å². The number of aryl methyl sites for hydroxylation is 1. The standard InChI is InChI=1S/C35H42N2O3S/c1-33-15-25-16-34(2,20-33)22-35(17-25,21-33)14-4-5-23-8-10-24(11-9-23)19-41-29-7-3-6-26-27(29)18-37(32(26)40)28-12-13-30(38)36-31(28)39/h3,6-11,25,28H,4-5,12-22H2,1-2H3,(H,36,38,39). The van der Waals surface area contributed by atoms with Gasteiger partial charge in [-0.1, -0.05) is 44.2 Å². The van der Waals surface area contributed by atoms with Crippen LogP contribution in [0.4, 0.5) is 0 Å². The Labute approximate surface area is 248 Å². The van der Waals surface area contributed by atoms with Gasteiger partial charge in [-0.05, 0) is 115 Å². The first-order valence-electron chi connectivity index (χ1n) is 15.6. The molecule has 0 radical (unpaired) electrons. The summed E-state index contributed by atoms with van der Waals surface area (Å²) in [5.41, 5.74) is 6.20. The molecule has 1 N–H and O–H groups in total. The highest BCUT2D eigenvalue weighted by Gasteiger charge is 2.59. The zero-order valence-corrected chi connectivity index (χ0v) is 25.3. The predicted molar refractivity (Wildman–Crippen MR) is 161 cm³/mol. The molecule has 5 nitrogen and oxygen atoms in total. The van der Waals surface area contributed by atoms with Crippen molar-refractivity contribution in [3.8, 4) is 0 Å². The third-order valence-electron chi connectivity index (χ3n) is 10.9. The van der Waals surface area contributed by atoms with Gasteiger partial charge in [-0.2, -0.15) is 0 Å². The van der Waals surface area contributed by atoms with Crippen LogP contribution in [0.1, 0.15) is 105 Å². The van der Waals surface area contributed by atoms with Crippen molar-refractivity contribution in [3.05, 3.63) is 64.7 Å². The number of benzene rings is 2. The molecule has 3 atom stereocenters. The van der Waals surface area contributed by atoms with E-state index in [9.17, 15) is 14.4 Å². The minimum Gasteiger partial charge on any atom is -0.322 e. The molecule has 4 bridgehead atoms. The number of fused-ring (bicyclic) bond motifs is 1. The molecule has 3 amide bonds. The van der Waals surface area contributed by atoms with E-state index in [0.29, 0.717) is 34.8 Å². The maximum atomic E-state index is 13.1. The molecule has 6 heteroatoms. The average Bonchev–Trinajstić information content (AvgIpc) is 3.23. The number of rotatable bonds is 8. The van der Waals surface area contributed by atoms with Gasteiger partial charge in [0.15, 0.2) is 0 Å². The van der Waals surface area contributed by atoms with Crippen molar-refractivity contribution in [2.75, 3.05) is 0 Å². The van der Waals surface area contributed by atoms with Crippen molar-refractivity contribution in [1.29, 1.82) is 0 Å². The number of nitrogens with one attached hydrogen (secondary N) is 1. The van der Waals surface area contributed by atoms with Crippen LogP contribution in [0.2, 0.25) is 0 Å². The number of carbonyl (C=O) groups excluding carboxylic acids is 3. The summed E-state index contributed by atoms with van der Waals surface area (Å²) in [6.07, 6.45) is 13.3. The lowest BCUT2D eigenvalue weighted by Gasteiger charge is -2.65. The Balaban J connectivity index is 0.944. The third kappa shape index (κ3) is 5.15. The lowest BCUT2D eigenvalue weighted by atomic mass is 9.40. The molecule has 8 rings (SSSR count). The highest BCUT2D eigenvalue weighted by molar-refractivity contribution is 7.98. The zero-order chi connectivity index (χ0) is 28.4. The van der Waals surface area contributed by atoms with E-state index in [1.807, 2.05) is 12.1 Å². The van der Waals surface area contributed by atoms with E-state index in [2.05, 4.69) is 49.5 Å². The fourth-order valence-electron chi connectivity index (χ4n) is 10.3. The van der Waals surface area contributed by atoms with E-state index in [0.717, 1.165) is 28.6 Å². The molecule has 6 aliphatic rings. The number of amides is 3. The van der Waals surface area contributed by atoms with Crippen LogP contribution in [0, 0.1) is 22.2 Å². The second kappa shape index (κ2) is 10.00. The number of hydrogen-bond donors (Lipinski definition) is 1. The Kier molecular flexibility index (Phi) is 6.64. The van der Waals surface area contributed by atoms with Crippen LogP contribution >= 0.6 is 11.8 Å². The summed E-state index contributed by atoms with van der Waals surface area (Å²) in [6, 6.07) is 14.4. The molecular formula is C35H42N2O3S. The molecule has 4 saturated carbocycles. The first-order chi connectivity index (χ1) is 19.6. The van der Waals surface area contributed by atoms with E-state index < -0.39 is 6.04 Å². The van der Waals surface area contributed by atoms with Crippen LogP contribution in [0.15, 0.2) is 47.4 Å². The Morgan fingerprint density at radius 1 is 0.927 bits per heavy atom. The van der Waals surface area contributed by atoms with Crippen LogP contribution in [0.5, 0.6) is 0 Å². The van der Waals surface area contributed by atoms with Gasteiger partial charge in [-0.25, -0.2) is 0 Å². The number of piperidine rings is 1. The van der Waals surface area contributed by atoms with Crippen LogP contribution in [-0.4, -0.2) is 28.7 Å². The first-order valence-corrected chi connectivity index (χ1v) is 16.6.